The normalized spacial score (nSPS) is 14.3. The van der Waals surface area contributed by atoms with Crippen LogP contribution in [-0.2, 0) is 9.59 Å². The highest BCUT2D eigenvalue weighted by atomic mass is 16.5. The molecule has 0 aliphatic heterocycles. The summed E-state index contributed by atoms with van der Waals surface area (Å²) in [6.45, 7) is 0. The number of amides is 2. The molecule has 6 heteroatoms. The van der Waals surface area contributed by atoms with Gasteiger partial charge in [-0.3, -0.25) is 9.59 Å². The molecular weight excluding hydrogens is 332 g/mol. The summed E-state index contributed by atoms with van der Waals surface area (Å²) in [5.74, 6) is 0.605. The fourth-order valence-corrected chi connectivity index (χ4v) is 2.92. The van der Waals surface area contributed by atoms with E-state index in [4.69, 9.17) is 9.47 Å². The fraction of sp³-hybridized carbons (Fsp3) is 0.300. The molecular formula is C20H22N2O4. The third-order valence-electron chi connectivity index (χ3n) is 4.68. The van der Waals surface area contributed by atoms with E-state index in [1.807, 2.05) is 30.3 Å². The molecule has 26 heavy (non-hydrogen) atoms. The number of para-hydroxylation sites is 1. The highest BCUT2D eigenvalue weighted by Crippen LogP contribution is 2.48. The summed E-state index contributed by atoms with van der Waals surface area (Å²) < 4.78 is 10.4. The molecule has 1 N–H and O–H groups in total. The van der Waals surface area contributed by atoms with Crippen molar-refractivity contribution in [2.45, 2.75) is 12.8 Å². The van der Waals surface area contributed by atoms with E-state index in [1.165, 1.54) is 7.11 Å². The smallest absolute Gasteiger partial charge is 0.242 e. The Balaban J connectivity index is 1.76. The van der Waals surface area contributed by atoms with Gasteiger partial charge in [0.2, 0.25) is 11.8 Å². The molecule has 1 saturated carbocycles. The molecule has 0 bridgehead atoms. The molecule has 6 nitrogen and oxygen atoms in total. The minimum Gasteiger partial charge on any atom is -0.493 e. The van der Waals surface area contributed by atoms with E-state index in [2.05, 4.69) is 5.32 Å². The average molecular weight is 354 g/mol. The molecule has 2 amide bonds. The Labute approximate surface area is 152 Å². The quantitative estimate of drug-likeness (QED) is 0.810. The third-order valence-corrected chi connectivity index (χ3v) is 4.68. The lowest BCUT2D eigenvalue weighted by Gasteiger charge is -2.23. The molecule has 1 aliphatic carbocycles. The summed E-state index contributed by atoms with van der Waals surface area (Å²) >= 11 is 0. The average Bonchev–Trinajstić information content (AvgIpc) is 3.49. The standard InChI is InChI=1S/C20H22N2O4/c1-22(15-7-5-4-6-8-15)19(24)20(11-12-20)18(23)21-14-9-10-16(25-2)17(13-14)26-3/h4-10,13H,11-12H2,1-3H3,(H,21,23). The van der Waals surface area contributed by atoms with Crippen LogP contribution in [0.15, 0.2) is 48.5 Å². The first-order chi connectivity index (χ1) is 12.5. The van der Waals surface area contributed by atoms with Crippen LogP contribution in [0.4, 0.5) is 11.4 Å². The van der Waals surface area contributed by atoms with Crippen molar-refractivity contribution < 1.29 is 19.1 Å². The Hall–Kier alpha value is -3.02. The van der Waals surface area contributed by atoms with Gasteiger partial charge in [-0.15, -0.1) is 0 Å². The number of carbonyl (C=O) groups is 2. The predicted octanol–water partition coefficient (Wildman–Crippen LogP) is 3.09. The number of anilines is 2. The number of carbonyl (C=O) groups excluding carboxylic acids is 2. The van der Waals surface area contributed by atoms with Crippen LogP contribution in [0.5, 0.6) is 11.5 Å². The summed E-state index contributed by atoms with van der Waals surface area (Å²) in [5, 5.41) is 2.84. The molecule has 0 unspecified atom stereocenters. The lowest BCUT2D eigenvalue weighted by Crippen LogP contribution is -2.41. The van der Waals surface area contributed by atoms with Gasteiger partial charge in [-0.2, -0.15) is 0 Å². The van der Waals surface area contributed by atoms with E-state index in [0.717, 1.165) is 5.69 Å². The van der Waals surface area contributed by atoms with E-state index in [0.29, 0.717) is 30.0 Å². The molecule has 0 radical (unpaired) electrons. The van der Waals surface area contributed by atoms with Crippen molar-refractivity contribution in [2.75, 3.05) is 31.5 Å². The van der Waals surface area contributed by atoms with E-state index in [9.17, 15) is 9.59 Å². The van der Waals surface area contributed by atoms with Gasteiger partial charge in [0.05, 0.1) is 14.2 Å². The second-order valence-corrected chi connectivity index (χ2v) is 6.31. The van der Waals surface area contributed by atoms with Gasteiger partial charge in [0.1, 0.15) is 5.41 Å². The second kappa shape index (κ2) is 7.07. The zero-order chi connectivity index (χ0) is 18.7. The van der Waals surface area contributed by atoms with Crippen LogP contribution >= 0.6 is 0 Å². The van der Waals surface area contributed by atoms with E-state index in [1.54, 1.807) is 37.3 Å². The largest absolute Gasteiger partial charge is 0.493 e. The summed E-state index contributed by atoms with van der Waals surface area (Å²) in [6.07, 6.45) is 1.09. The summed E-state index contributed by atoms with van der Waals surface area (Å²) in [4.78, 5) is 27.2. The summed E-state index contributed by atoms with van der Waals surface area (Å²) in [5.41, 5.74) is 0.328. The molecule has 0 spiro atoms. The maximum atomic E-state index is 12.9. The van der Waals surface area contributed by atoms with E-state index >= 15 is 0 Å². The Bertz CT molecular complexity index is 816. The number of ether oxygens (including phenoxy) is 2. The minimum absolute atomic E-state index is 0.193. The highest BCUT2D eigenvalue weighted by Gasteiger charge is 2.57. The summed E-state index contributed by atoms with van der Waals surface area (Å²) in [6, 6.07) is 14.4. The molecule has 2 aromatic rings. The number of hydrogen-bond acceptors (Lipinski definition) is 4. The van der Waals surface area contributed by atoms with Gasteiger partial charge in [-0.1, -0.05) is 18.2 Å². The van der Waals surface area contributed by atoms with Crippen LogP contribution in [-0.4, -0.2) is 33.1 Å². The van der Waals surface area contributed by atoms with Gasteiger partial charge in [0.25, 0.3) is 0 Å². The maximum absolute atomic E-state index is 12.9. The van der Waals surface area contributed by atoms with Crippen LogP contribution in [0, 0.1) is 5.41 Å². The zero-order valence-electron chi connectivity index (χ0n) is 15.1. The van der Waals surface area contributed by atoms with Crippen LogP contribution in [0.3, 0.4) is 0 Å². The Kier molecular flexibility index (Phi) is 4.84. The van der Waals surface area contributed by atoms with Gasteiger partial charge >= 0.3 is 0 Å². The first-order valence-electron chi connectivity index (χ1n) is 8.38. The molecule has 1 fully saturated rings. The van der Waals surface area contributed by atoms with Crippen LogP contribution in [0.25, 0.3) is 0 Å². The molecule has 0 saturated heterocycles. The SMILES string of the molecule is COc1ccc(NC(=O)C2(C(=O)N(C)c3ccccc3)CC2)cc1OC. The number of methoxy groups -OCH3 is 2. The number of hydrogen-bond donors (Lipinski definition) is 1. The monoisotopic (exact) mass is 354 g/mol. The lowest BCUT2D eigenvalue weighted by molar-refractivity contribution is -0.132. The van der Waals surface area contributed by atoms with Crippen molar-refractivity contribution in [3.05, 3.63) is 48.5 Å². The van der Waals surface area contributed by atoms with Crippen molar-refractivity contribution in [1.82, 2.24) is 0 Å². The van der Waals surface area contributed by atoms with Gasteiger partial charge in [-0.25, -0.2) is 0 Å². The second-order valence-electron chi connectivity index (χ2n) is 6.31. The Morgan fingerprint density at radius 1 is 1.00 bits per heavy atom. The van der Waals surface area contributed by atoms with Crippen LogP contribution in [0.1, 0.15) is 12.8 Å². The first kappa shape index (κ1) is 17.8. The van der Waals surface area contributed by atoms with E-state index in [-0.39, 0.29) is 11.8 Å². The molecule has 1 aliphatic rings. The van der Waals surface area contributed by atoms with Gasteiger partial charge in [0.15, 0.2) is 11.5 Å². The topological polar surface area (TPSA) is 67.9 Å². The number of nitrogens with zero attached hydrogens (tertiary/aromatic N) is 1. The van der Waals surface area contributed by atoms with Gasteiger partial charge < -0.3 is 19.7 Å². The van der Waals surface area contributed by atoms with Crippen molar-refractivity contribution in [3.8, 4) is 11.5 Å². The zero-order valence-corrected chi connectivity index (χ0v) is 15.1. The molecule has 0 atom stereocenters. The van der Waals surface area contributed by atoms with Gasteiger partial charge in [-0.05, 0) is 37.1 Å². The molecule has 0 aromatic heterocycles. The van der Waals surface area contributed by atoms with Gasteiger partial charge in [0, 0.05) is 24.5 Å². The van der Waals surface area contributed by atoms with Crippen LogP contribution in [0.2, 0.25) is 0 Å². The molecule has 3 rings (SSSR count). The number of benzene rings is 2. The van der Waals surface area contributed by atoms with Crippen molar-refractivity contribution >= 4 is 23.2 Å². The predicted molar refractivity (Wildman–Crippen MR) is 99.7 cm³/mol. The summed E-state index contributed by atoms with van der Waals surface area (Å²) in [7, 11) is 4.78. The fourth-order valence-electron chi connectivity index (χ4n) is 2.92. The number of nitrogens with one attached hydrogen (secondary N) is 1. The lowest BCUT2D eigenvalue weighted by atomic mass is 10.0. The molecule has 0 heterocycles. The van der Waals surface area contributed by atoms with E-state index < -0.39 is 5.41 Å². The minimum atomic E-state index is -1.00. The number of rotatable bonds is 6. The third kappa shape index (κ3) is 3.22. The van der Waals surface area contributed by atoms with Crippen molar-refractivity contribution in [1.29, 1.82) is 0 Å². The molecule has 2 aromatic carbocycles. The molecule has 136 valence electrons. The van der Waals surface area contributed by atoms with Crippen LogP contribution < -0.4 is 19.7 Å². The van der Waals surface area contributed by atoms with Crippen molar-refractivity contribution in [3.63, 3.8) is 0 Å². The van der Waals surface area contributed by atoms with Crippen molar-refractivity contribution in [2.24, 2.45) is 5.41 Å². The Morgan fingerprint density at radius 2 is 1.65 bits per heavy atom. The maximum Gasteiger partial charge on any atom is 0.242 e. The first-order valence-corrected chi connectivity index (χ1v) is 8.38. The Morgan fingerprint density at radius 3 is 2.23 bits per heavy atom. The highest BCUT2D eigenvalue weighted by molar-refractivity contribution is 6.17.